The second kappa shape index (κ2) is 2.27. The number of rotatable bonds is 0. The summed E-state index contributed by atoms with van der Waals surface area (Å²) in [5.74, 6) is 0.670. The Morgan fingerprint density at radius 3 is 3.18 bits per heavy atom. The molecule has 0 aliphatic carbocycles. The van der Waals surface area contributed by atoms with Gasteiger partial charge in [-0.1, -0.05) is 0 Å². The minimum absolute atomic E-state index is 0.600. The minimum Gasteiger partial charge on any atom is -0.304 e. The van der Waals surface area contributed by atoms with E-state index in [-0.39, 0.29) is 0 Å². The van der Waals surface area contributed by atoms with Crippen molar-refractivity contribution in [1.82, 2.24) is 4.98 Å². The summed E-state index contributed by atoms with van der Waals surface area (Å²) < 4.78 is 0. The Labute approximate surface area is 64.3 Å². The first-order valence-corrected chi connectivity index (χ1v) is 3.43. The van der Waals surface area contributed by atoms with E-state index in [0.29, 0.717) is 18.0 Å². The monoisotopic (exact) mass is 145 g/mol. The fourth-order valence-corrected chi connectivity index (χ4v) is 1.07. The van der Waals surface area contributed by atoms with Gasteiger partial charge in [-0.3, -0.25) is 0 Å². The van der Waals surface area contributed by atoms with Crippen LogP contribution in [0.25, 0.3) is 0 Å². The zero-order chi connectivity index (χ0) is 7.68. The number of nitrogens with one attached hydrogen (secondary N) is 1. The molecule has 3 nitrogen and oxygen atoms in total. The smallest absolute Gasteiger partial charge is 0.160 e. The molecule has 1 aromatic rings. The van der Waals surface area contributed by atoms with Crippen LogP contribution in [0.15, 0.2) is 23.3 Å². The van der Waals surface area contributed by atoms with Crippen molar-refractivity contribution in [2.75, 3.05) is 0 Å². The molecular formula is C8H7N3. The van der Waals surface area contributed by atoms with Crippen LogP contribution in [0.4, 0.5) is 5.82 Å². The summed E-state index contributed by atoms with van der Waals surface area (Å²) in [6.07, 6.45) is 4.03. The third-order valence-corrected chi connectivity index (χ3v) is 1.62. The van der Waals surface area contributed by atoms with Crippen LogP contribution in [0, 0.1) is 5.41 Å². The van der Waals surface area contributed by atoms with Crippen molar-refractivity contribution in [3.05, 3.63) is 23.9 Å². The molecule has 0 unspecified atom stereocenters. The summed E-state index contributed by atoms with van der Waals surface area (Å²) in [7, 11) is 0. The Kier molecular flexibility index (Phi) is 1.28. The molecule has 1 N–H and O–H groups in total. The lowest BCUT2D eigenvalue weighted by Gasteiger charge is -2.07. The molecule has 0 amide bonds. The lowest BCUT2D eigenvalue weighted by Crippen LogP contribution is -2.04. The zero-order valence-electron chi connectivity index (χ0n) is 5.91. The van der Waals surface area contributed by atoms with E-state index in [0.717, 1.165) is 5.56 Å². The van der Waals surface area contributed by atoms with Crippen molar-refractivity contribution in [1.29, 1.82) is 5.41 Å². The van der Waals surface area contributed by atoms with Crippen LogP contribution >= 0.6 is 0 Å². The average molecular weight is 145 g/mol. The molecule has 0 fully saturated rings. The minimum atomic E-state index is 0.600. The van der Waals surface area contributed by atoms with Crippen LogP contribution in [-0.2, 0) is 0 Å². The number of fused-ring (bicyclic) bond motifs is 1. The van der Waals surface area contributed by atoms with Crippen LogP contribution in [-0.4, -0.2) is 16.9 Å². The number of pyridine rings is 1. The van der Waals surface area contributed by atoms with E-state index in [1.807, 2.05) is 12.1 Å². The van der Waals surface area contributed by atoms with E-state index < -0.39 is 0 Å². The third kappa shape index (κ3) is 0.941. The summed E-state index contributed by atoms with van der Waals surface area (Å²) >= 11 is 0. The molecule has 0 radical (unpaired) electrons. The van der Waals surface area contributed by atoms with Crippen LogP contribution in [0.3, 0.4) is 0 Å². The predicted octanol–water partition coefficient (Wildman–Crippen LogP) is 1.56. The first kappa shape index (κ1) is 6.22. The van der Waals surface area contributed by atoms with Gasteiger partial charge in [0.05, 0.1) is 0 Å². The largest absolute Gasteiger partial charge is 0.304 e. The zero-order valence-corrected chi connectivity index (χ0v) is 5.91. The quantitative estimate of drug-likeness (QED) is 0.591. The standard InChI is InChI=1S/C8H7N3/c9-7-3-5-11-8-6(7)2-1-4-10-8/h1-2,4-5,9H,3H2. The van der Waals surface area contributed by atoms with Crippen molar-refractivity contribution < 1.29 is 0 Å². The molecule has 1 aliphatic rings. The normalized spacial score (nSPS) is 14.7. The van der Waals surface area contributed by atoms with Crippen molar-refractivity contribution in [3.63, 3.8) is 0 Å². The van der Waals surface area contributed by atoms with Gasteiger partial charge >= 0.3 is 0 Å². The summed E-state index contributed by atoms with van der Waals surface area (Å²) in [5.41, 5.74) is 1.46. The maximum absolute atomic E-state index is 7.54. The Morgan fingerprint density at radius 1 is 1.45 bits per heavy atom. The summed E-state index contributed by atoms with van der Waals surface area (Å²) in [6, 6.07) is 3.70. The van der Waals surface area contributed by atoms with E-state index in [9.17, 15) is 0 Å². The van der Waals surface area contributed by atoms with E-state index in [2.05, 4.69) is 9.98 Å². The molecule has 3 heteroatoms. The van der Waals surface area contributed by atoms with Gasteiger partial charge in [-0.05, 0) is 12.1 Å². The molecule has 1 aromatic heterocycles. The van der Waals surface area contributed by atoms with E-state index >= 15 is 0 Å². The predicted molar refractivity (Wildman–Crippen MR) is 43.8 cm³/mol. The topological polar surface area (TPSA) is 49.1 Å². The highest BCUT2D eigenvalue weighted by Crippen LogP contribution is 2.19. The highest BCUT2D eigenvalue weighted by Gasteiger charge is 2.09. The molecule has 2 heterocycles. The van der Waals surface area contributed by atoms with Crippen molar-refractivity contribution in [3.8, 4) is 0 Å². The second-order valence-electron chi connectivity index (χ2n) is 2.37. The van der Waals surface area contributed by atoms with Gasteiger partial charge in [0, 0.05) is 30.1 Å². The molecule has 0 atom stereocenters. The Bertz CT molecular complexity index is 328. The number of nitrogens with zero attached hydrogens (tertiary/aromatic N) is 2. The molecule has 0 spiro atoms. The molecule has 0 bridgehead atoms. The fraction of sp³-hybridized carbons (Fsp3) is 0.125. The molecule has 2 rings (SSSR count). The van der Waals surface area contributed by atoms with Gasteiger partial charge in [-0.25, -0.2) is 9.98 Å². The van der Waals surface area contributed by atoms with Gasteiger partial charge in [0.15, 0.2) is 5.82 Å². The fourth-order valence-electron chi connectivity index (χ4n) is 1.07. The molecular weight excluding hydrogens is 138 g/mol. The van der Waals surface area contributed by atoms with E-state index in [1.54, 1.807) is 12.4 Å². The first-order chi connectivity index (χ1) is 5.38. The average Bonchev–Trinajstić information content (AvgIpc) is 2.06. The Hall–Kier alpha value is -1.51. The maximum atomic E-state index is 7.54. The number of aromatic nitrogens is 1. The van der Waals surface area contributed by atoms with E-state index in [1.165, 1.54) is 0 Å². The van der Waals surface area contributed by atoms with E-state index in [4.69, 9.17) is 5.41 Å². The summed E-state index contributed by atoms with van der Waals surface area (Å²) in [6.45, 7) is 0. The van der Waals surface area contributed by atoms with Gasteiger partial charge in [-0.15, -0.1) is 0 Å². The second-order valence-corrected chi connectivity index (χ2v) is 2.37. The Balaban J connectivity index is 2.63. The first-order valence-electron chi connectivity index (χ1n) is 3.43. The summed E-state index contributed by atoms with van der Waals surface area (Å²) in [4.78, 5) is 8.10. The highest BCUT2D eigenvalue weighted by molar-refractivity contribution is 6.10. The van der Waals surface area contributed by atoms with Crippen LogP contribution in [0.1, 0.15) is 12.0 Å². The third-order valence-electron chi connectivity index (χ3n) is 1.62. The number of hydrogen-bond donors (Lipinski definition) is 1. The lowest BCUT2D eigenvalue weighted by atomic mass is 10.1. The molecule has 0 aromatic carbocycles. The SMILES string of the molecule is N=C1CC=Nc2ncccc21. The highest BCUT2D eigenvalue weighted by atomic mass is 14.9. The molecule has 0 saturated heterocycles. The van der Waals surface area contributed by atoms with Crippen molar-refractivity contribution >= 4 is 17.7 Å². The number of aliphatic imine (C=N–C) groups is 1. The van der Waals surface area contributed by atoms with Gasteiger partial charge in [0.1, 0.15) is 0 Å². The van der Waals surface area contributed by atoms with Crippen LogP contribution < -0.4 is 0 Å². The van der Waals surface area contributed by atoms with Crippen molar-refractivity contribution in [2.24, 2.45) is 4.99 Å². The molecule has 1 aliphatic heterocycles. The molecule has 0 saturated carbocycles. The Morgan fingerprint density at radius 2 is 2.36 bits per heavy atom. The van der Waals surface area contributed by atoms with Gasteiger partial charge < -0.3 is 5.41 Å². The summed E-state index contributed by atoms with van der Waals surface area (Å²) in [5, 5.41) is 7.54. The molecule has 11 heavy (non-hydrogen) atoms. The molecule has 54 valence electrons. The van der Waals surface area contributed by atoms with Crippen molar-refractivity contribution in [2.45, 2.75) is 6.42 Å². The van der Waals surface area contributed by atoms with Crippen LogP contribution in [0.2, 0.25) is 0 Å². The lowest BCUT2D eigenvalue weighted by molar-refractivity contribution is 1.23. The number of hydrogen-bond acceptors (Lipinski definition) is 3. The van der Waals surface area contributed by atoms with Gasteiger partial charge in [-0.2, -0.15) is 0 Å². The maximum Gasteiger partial charge on any atom is 0.160 e. The van der Waals surface area contributed by atoms with Gasteiger partial charge in [0.25, 0.3) is 0 Å². The van der Waals surface area contributed by atoms with Crippen LogP contribution in [0.5, 0.6) is 0 Å². The van der Waals surface area contributed by atoms with Gasteiger partial charge in [0.2, 0.25) is 0 Å².